The van der Waals surface area contributed by atoms with Crippen LogP contribution in [0, 0.1) is 0 Å². The molecule has 0 aliphatic carbocycles. The maximum atomic E-state index is 5.86. The summed E-state index contributed by atoms with van der Waals surface area (Å²) in [6.07, 6.45) is 0. The van der Waals surface area contributed by atoms with Gasteiger partial charge in [0.2, 0.25) is 0 Å². The molecule has 0 aliphatic heterocycles. The van der Waals surface area contributed by atoms with Gasteiger partial charge in [-0.25, -0.2) is 0 Å². The lowest BCUT2D eigenvalue weighted by Gasteiger charge is -2.09. The third-order valence-electron chi connectivity index (χ3n) is 3.46. The quantitative estimate of drug-likeness (QED) is 0.572. The Morgan fingerprint density at radius 3 is 2.13 bits per heavy atom. The fraction of sp³-hybridized carbons (Fsp3) is 0.200. The highest BCUT2D eigenvalue weighted by atomic mass is 16.5. The Morgan fingerprint density at radius 2 is 1.39 bits per heavy atom. The average Bonchev–Trinajstić information content (AvgIpc) is 2.60. The van der Waals surface area contributed by atoms with Crippen molar-refractivity contribution in [2.75, 3.05) is 19.8 Å². The summed E-state index contributed by atoms with van der Waals surface area (Å²) in [5, 5.41) is 2.25. The van der Waals surface area contributed by atoms with Crippen LogP contribution < -0.4 is 9.47 Å². The van der Waals surface area contributed by atoms with Crippen LogP contribution >= 0.6 is 0 Å². The van der Waals surface area contributed by atoms with Crippen molar-refractivity contribution < 1.29 is 14.2 Å². The second kappa shape index (κ2) is 7.65. The number of fused-ring (bicyclic) bond motifs is 1. The Morgan fingerprint density at radius 1 is 0.696 bits per heavy atom. The Bertz CT molecular complexity index is 753. The van der Waals surface area contributed by atoms with Crippen molar-refractivity contribution >= 4 is 10.8 Å². The number of benzene rings is 3. The Balaban J connectivity index is 1.71. The predicted octanol–water partition coefficient (Wildman–Crippen LogP) is 5.05. The third-order valence-corrected chi connectivity index (χ3v) is 3.46. The lowest BCUT2D eigenvalue weighted by molar-refractivity contribution is 0.110. The third kappa shape index (κ3) is 4.24. The molecule has 3 aromatic rings. The predicted molar refractivity (Wildman–Crippen MR) is 92.5 cm³/mol. The highest BCUT2D eigenvalue weighted by molar-refractivity contribution is 5.85. The Labute approximate surface area is 136 Å². The van der Waals surface area contributed by atoms with E-state index in [2.05, 4.69) is 0 Å². The van der Waals surface area contributed by atoms with Gasteiger partial charge in [0.25, 0.3) is 0 Å². The van der Waals surface area contributed by atoms with E-state index >= 15 is 0 Å². The van der Waals surface area contributed by atoms with Gasteiger partial charge >= 0.3 is 0 Å². The monoisotopic (exact) mass is 308 g/mol. The van der Waals surface area contributed by atoms with Gasteiger partial charge in [-0.15, -0.1) is 0 Å². The number of hydrogen-bond donors (Lipinski definition) is 0. The first kappa shape index (κ1) is 15.4. The van der Waals surface area contributed by atoms with Gasteiger partial charge < -0.3 is 14.2 Å². The molecule has 0 aliphatic rings. The van der Waals surface area contributed by atoms with Crippen molar-refractivity contribution in [3.05, 3.63) is 66.7 Å². The van der Waals surface area contributed by atoms with Gasteiger partial charge in [0.05, 0.1) is 6.61 Å². The molecular weight excluding hydrogens is 288 g/mol. The number of ether oxygens (including phenoxy) is 3. The number of para-hydroxylation sites is 1. The lowest BCUT2D eigenvalue weighted by atomic mass is 10.1. The van der Waals surface area contributed by atoms with Gasteiger partial charge in [-0.05, 0) is 54.1 Å². The summed E-state index contributed by atoms with van der Waals surface area (Å²) in [5.74, 6) is 2.52. The van der Waals surface area contributed by atoms with E-state index < -0.39 is 0 Å². The van der Waals surface area contributed by atoms with Crippen molar-refractivity contribution in [3.63, 3.8) is 0 Å². The van der Waals surface area contributed by atoms with E-state index in [0.29, 0.717) is 19.8 Å². The standard InChI is InChI=1S/C20H20O3/c1-2-21-12-13-22-19-10-8-17-15-20(11-9-16(17)14-19)23-18-6-4-3-5-7-18/h3-11,14-15H,2,12-13H2,1H3. The molecule has 0 amide bonds. The van der Waals surface area contributed by atoms with Crippen LogP contribution in [0.4, 0.5) is 0 Å². The molecule has 0 spiro atoms. The summed E-state index contributed by atoms with van der Waals surface area (Å²) >= 11 is 0. The molecule has 0 aromatic heterocycles. The van der Waals surface area contributed by atoms with Crippen LogP contribution in [0.1, 0.15) is 6.92 Å². The molecular formula is C20H20O3. The summed E-state index contributed by atoms with van der Waals surface area (Å²) in [6, 6.07) is 21.9. The highest BCUT2D eigenvalue weighted by Crippen LogP contribution is 2.27. The maximum absolute atomic E-state index is 5.86. The van der Waals surface area contributed by atoms with Gasteiger partial charge in [0, 0.05) is 6.61 Å². The van der Waals surface area contributed by atoms with Crippen LogP contribution in [-0.4, -0.2) is 19.8 Å². The summed E-state index contributed by atoms with van der Waals surface area (Å²) in [7, 11) is 0. The Hall–Kier alpha value is -2.52. The molecule has 0 radical (unpaired) electrons. The smallest absolute Gasteiger partial charge is 0.128 e. The zero-order valence-electron chi connectivity index (χ0n) is 13.2. The van der Waals surface area contributed by atoms with Gasteiger partial charge in [-0.1, -0.05) is 30.3 Å². The molecule has 0 saturated heterocycles. The van der Waals surface area contributed by atoms with Crippen LogP contribution in [0.25, 0.3) is 10.8 Å². The summed E-state index contributed by atoms with van der Waals surface area (Å²) < 4.78 is 16.8. The average molecular weight is 308 g/mol. The van der Waals surface area contributed by atoms with Crippen LogP contribution in [0.3, 0.4) is 0 Å². The molecule has 0 saturated carbocycles. The minimum atomic E-state index is 0.564. The highest BCUT2D eigenvalue weighted by Gasteiger charge is 2.01. The van der Waals surface area contributed by atoms with E-state index in [1.54, 1.807) is 0 Å². The molecule has 118 valence electrons. The molecule has 0 heterocycles. The Kier molecular flexibility index (Phi) is 5.12. The van der Waals surface area contributed by atoms with Crippen molar-refractivity contribution in [2.24, 2.45) is 0 Å². The fourth-order valence-electron chi connectivity index (χ4n) is 2.34. The minimum absolute atomic E-state index is 0.564. The molecule has 0 N–H and O–H groups in total. The van der Waals surface area contributed by atoms with E-state index in [1.807, 2.05) is 73.7 Å². The largest absolute Gasteiger partial charge is 0.491 e. The van der Waals surface area contributed by atoms with Crippen LogP contribution in [0.2, 0.25) is 0 Å². The summed E-state index contributed by atoms with van der Waals surface area (Å²) in [5.41, 5.74) is 0. The van der Waals surface area contributed by atoms with E-state index in [4.69, 9.17) is 14.2 Å². The molecule has 0 unspecified atom stereocenters. The van der Waals surface area contributed by atoms with E-state index in [1.165, 1.54) is 0 Å². The zero-order valence-corrected chi connectivity index (χ0v) is 13.2. The van der Waals surface area contributed by atoms with Gasteiger partial charge in [-0.3, -0.25) is 0 Å². The van der Waals surface area contributed by atoms with Gasteiger partial charge in [-0.2, -0.15) is 0 Å². The fourth-order valence-corrected chi connectivity index (χ4v) is 2.34. The molecule has 3 rings (SSSR count). The topological polar surface area (TPSA) is 27.7 Å². The normalized spacial score (nSPS) is 10.7. The second-order valence-electron chi connectivity index (χ2n) is 5.13. The lowest BCUT2D eigenvalue weighted by Crippen LogP contribution is -2.06. The molecule has 3 nitrogen and oxygen atoms in total. The first-order valence-electron chi connectivity index (χ1n) is 7.82. The van der Waals surface area contributed by atoms with Crippen molar-refractivity contribution in [2.45, 2.75) is 6.92 Å². The molecule has 3 aromatic carbocycles. The molecule has 0 atom stereocenters. The van der Waals surface area contributed by atoms with Crippen LogP contribution in [0.15, 0.2) is 66.7 Å². The SMILES string of the molecule is CCOCCOc1ccc2cc(Oc3ccccc3)ccc2c1. The van der Waals surface area contributed by atoms with Gasteiger partial charge in [0.1, 0.15) is 23.9 Å². The first-order chi connectivity index (χ1) is 11.3. The number of hydrogen-bond acceptors (Lipinski definition) is 3. The minimum Gasteiger partial charge on any atom is -0.491 e. The van der Waals surface area contributed by atoms with E-state index in [0.717, 1.165) is 28.0 Å². The summed E-state index contributed by atoms with van der Waals surface area (Å²) in [4.78, 5) is 0. The van der Waals surface area contributed by atoms with Crippen LogP contribution in [0.5, 0.6) is 17.2 Å². The molecule has 0 bridgehead atoms. The molecule has 23 heavy (non-hydrogen) atoms. The molecule has 3 heteroatoms. The van der Waals surface area contributed by atoms with Crippen molar-refractivity contribution in [1.82, 2.24) is 0 Å². The van der Waals surface area contributed by atoms with E-state index in [-0.39, 0.29) is 0 Å². The van der Waals surface area contributed by atoms with Gasteiger partial charge in [0.15, 0.2) is 0 Å². The number of rotatable bonds is 7. The zero-order chi connectivity index (χ0) is 15.9. The van der Waals surface area contributed by atoms with Crippen molar-refractivity contribution in [3.8, 4) is 17.2 Å². The van der Waals surface area contributed by atoms with E-state index in [9.17, 15) is 0 Å². The van der Waals surface area contributed by atoms with Crippen LogP contribution in [-0.2, 0) is 4.74 Å². The second-order valence-corrected chi connectivity index (χ2v) is 5.13. The summed E-state index contributed by atoms with van der Waals surface area (Å²) in [6.45, 7) is 3.86. The van der Waals surface area contributed by atoms with Crippen molar-refractivity contribution in [1.29, 1.82) is 0 Å². The maximum Gasteiger partial charge on any atom is 0.128 e. The molecule has 0 fully saturated rings. The first-order valence-corrected chi connectivity index (χ1v) is 7.82.